The van der Waals surface area contributed by atoms with Gasteiger partial charge in [0, 0.05) is 16.8 Å². The molecule has 21 heavy (non-hydrogen) atoms. The number of carbonyl (C=O) groups is 1. The maximum atomic E-state index is 12.4. The van der Waals surface area contributed by atoms with Crippen molar-refractivity contribution in [1.82, 2.24) is 4.98 Å². The number of carbonyl (C=O) groups excluding carboxylic acids is 1. The predicted octanol–water partition coefficient (Wildman–Crippen LogP) is 4.65. The second-order valence-electron chi connectivity index (χ2n) is 4.18. The third-order valence-corrected chi connectivity index (χ3v) is 2.85. The minimum atomic E-state index is -4.52. The molecule has 0 aliphatic heterocycles. The highest BCUT2D eigenvalue weighted by Crippen LogP contribution is 2.27. The van der Waals surface area contributed by atoms with E-state index in [1.54, 1.807) is 24.3 Å². The van der Waals surface area contributed by atoms with Crippen LogP contribution in [0.4, 0.5) is 13.2 Å². The molecule has 0 spiro atoms. The maximum absolute atomic E-state index is 12.4. The van der Waals surface area contributed by atoms with Gasteiger partial charge in [-0.15, -0.1) is 0 Å². The van der Waals surface area contributed by atoms with E-state index < -0.39 is 17.7 Å². The molecule has 0 saturated carbocycles. The smallest absolute Gasteiger partial charge is 0.289 e. The fraction of sp³-hybridized carbons (Fsp3) is 0.0667. The minimum Gasteiger partial charge on any atom is -0.289 e. The first-order chi connectivity index (χ1) is 9.86. The van der Waals surface area contributed by atoms with Crippen molar-refractivity contribution in [1.29, 1.82) is 0 Å². The number of benzene rings is 1. The van der Waals surface area contributed by atoms with Crippen LogP contribution in [0.1, 0.15) is 21.6 Å². The fourth-order valence-corrected chi connectivity index (χ4v) is 1.78. The molecule has 0 aliphatic rings. The van der Waals surface area contributed by atoms with E-state index in [1.165, 1.54) is 12.2 Å². The molecule has 2 rings (SSSR count). The van der Waals surface area contributed by atoms with Gasteiger partial charge in [0.15, 0.2) is 5.78 Å². The molecule has 0 N–H and O–H groups in total. The van der Waals surface area contributed by atoms with Crippen LogP contribution in [0.25, 0.3) is 6.08 Å². The Morgan fingerprint density at radius 2 is 1.95 bits per heavy atom. The first kappa shape index (κ1) is 15.3. The number of aromatic nitrogens is 1. The minimum absolute atomic E-state index is 0.0845. The van der Waals surface area contributed by atoms with E-state index in [-0.39, 0.29) is 5.56 Å². The fourth-order valence-electron chi connectivity index (χ4n) is 1.59. The number of halogens is 4. The van der Waals surface area contributed by atoms with Gasteiger partial charge in [-0.25, -0.2) is 0 Å². The lowest BCUT2D eigenvalue weighted by Crippen LogP contribution is -2.08. The lowest BCUT2D eigenvalue weighted by molar-refractivity contribution is -0.141. The summed E-state index contributed by atoms with van der Waals surface area (Å²) in [6, 6.07) is 8.71. The van der Waals surface area contributed by atoms with Gasteiger partial charge < -0.3 is 0 Å². The average Bonchev–Trinajstić information content (AvgIpc) is 2.44. The summed E-state index contributed by atoms with van der Waals surface area (Å²) in [6.07, 6.45) is -0.812. The van der Waals surface area contributed by atoms with Crippen molar-refractivity contribution in [2.24, 2.45) is 0 Å². The monoisotopic (exact) mass is 311 g/mol. The summed E-state index contributed by atoms with van der Waals surface area (Å²) in [5.74, 6) is -0.434. The van der Waals surface area contributed by atoms with Crippen molar-refractivity contribution in [2.75, 3.05) is 0 Å². The summed E-state index contributed by atoms with van der Waals surface area (Å²) in [4.78, 5) is 15.1. The topological polar surface area (TPSA) is 30.0 Å². The molecule has 0 unspecified atom stereocenters. The van der Waals surface area contributed by atoms with Crippen LogP contribution < -0.4 is 0 Å². The lowest BCUT2D eigenvalue weighted by atomic mass is 10.1. The van der Waals surface area contributed by atoms with E-state index in [1.807, 2.05) is 0 Å². The molecule has 2 aromatic rings. The highest BCUT2D eigenvalue weighted by atomic mass is 35.5. The Morgan fingerprint density at radius 3 is 2.52 bits per heavy atom. The molecule has 0 aliphatic carbocycles. The van der Waals surface area contributed by atoms with E-state index in [0.717, 1.165) is 23.9 Å². The molecular formula is C15H9ClF3NO. The predicted molar refractivity (Wildman–Crippen MR) is 74.1 cm³/mol. The molecule has 0 atom stereocenters. The molecule has 1 heterocycles. The van der Waals surface area contributed by atoms with Gasteiger partial charge in [0.05, 0.1) is 0 Å². The number of hydrogen-bond acceptors (Lipinski definition) is 2. The highest BCUT2D eigenvalue weighted by Gasteiger charge is 2.32. The largest absolute Gasteiger partial charge is 0.433 e. The normalized spacial score (nSPS) is 11.8. The van der Waals surface area contributed by atoms with E-state index >= 15 is 0 Å². The quantitative estimate of drug-likeness (QED) is 0.610. The number of hydrogen-bond donors (Lipinski definition) is 0. The van der Waals surface area contributed by atoms with Crippen LogP contribution in [0.15, 0.2) is 48.7 Å². The summed E-state index contributed by atoms with van der Waals surface area (Å²) in [5, 5.41) is 0.529. The SMILES string of the molecule is O=C(/C=C/c1cccc(Cl)c1)c1ccc(C(F)(F)F)nc1. The van der Waals surface area contributed by atoms with Crippen LogP contribution in [-0.2, 0) is 6.18 Å². The van der Waals surface area contributed by atoms with Crippen molar-refractivity contribution in [3.8, 4) is 0 Å². The maximum Gasteiger partial charge on any atom is 0.433 e. The van der Waals surface area contributed by atoms with Crippen molar-refractivity contribution < 1.29 is 18.0 Å². The molecule has 1 aromatic heterocycles. The number of pyridine rings is 1. The first-order valence-electron chi connectivity index (χ1n) is 5.87. The van der Waals surface area contributed by atoms with Crippen molar-refractivity contribution in [3.63, 3.8) is 0 Å². The molecule has 0 amide bonds. The molecule has 0 radical (unpaired) electrons. The molecule has 2 nitrogen and oxygen atoms in total. The Morgan fingerprint density at radius 1 is 1.19 bits per heavy atom. The Labute approximate surface area is 123 Å². The van der Waals surface area contributed by atoms with Crippen LogP contribution >= 0.6 is 11.6 Å². The van der Waals surface area contributed by atoms with Crippen LogP contribution in [-0.4, -0.2) is 10.8 Å². The van der Waals surface area contributed by atoms with Crippen LogP contribution in [0.5, 0.6) is 0 Å². The van der Waals surface area contributed by atoms with Gasteiger partial charge in [0.2, 0.25) is 0 Å². The summed E-state index contributed by atoms with van der Waals surface area (Å²) in [6.45, 7) is 0. The second kappa shape index (κ2) is 6.10. The van der Waals surface area contributed by atoms with E-state index in [0.29, 0.717) is 5.02 Å². The van der Waals surface area contributed by atoms with Crippen molar-refractivity contribution >= 4 is 23.5 Å². The van der Waals surface area contributed by atoms with E-state index in [2.05, 4.69) is 4.98 Å². The number of alkyl halides is 3. The van der Waals surface area contributed by atoms with E-state index in [4.69, 9.17) is 11.6 Å². The summed E-state index contributed by atoms with van der Waals surface area (Å²) < 4.78 is 37.1. The lowest BCUT2D eigenvalue weighted by Gasteiger charge is -2.05. The van der Waals surface area contributed by atoms with Gasteiger partial charge in [-0.1, -0.05) is 29.8 Å². The number of nitrogens with zero attached hydrogens (tertiary/aromatic N) is 1. The summed E-state index contributed by atoms with van der Waals surface area (Å²) in [5.41, 5.74) is -0.227. The van der Waals surface area contributed by atoms with Crippen LogP contribution in [0.3, 0.4) is 0 Å². The Balaban J connectivity index is 2.14. The Hall–Kier alpha value is -2.14. The average molecular weight is 312 g/mol. The second-order valence-corrected chi connectivity index (χ2v) is 4.62. The number of ketones is 1. The van der Waals surface area contributed by atoms with Gasteiger partial charge in [0.25, 0.3) is 0 Å². The number of allylic oxidation sites excluding steroid dienone is 1. The summed E-state index contributed by atoms with van der Waals surface area (Å²) >= 11 is 5.80. The van der Waals surface area contributed by atoms with Gasteiger partial charge in [-0.05, 0) is 35.9 Å². The Bertz CT molecular complexity index is 678. The van der Waals surface area contributed by atoms with Crippen LogP contribution in [0, 0.1) is 0 Å². The molecule has 0 saturated heterocycles. The number of rotatable bonds is 3. The van der Waals surface area contributed by atoms with Gasteiger partial charge in [0.1, 0.15) is 5.69 Å². The van der Waals surface area contributed by atoms with Crippen LogP contribution in [0.2, 0.25) is 5.02 Å². The van der Waals surface area contributed by atoms with Gasteiger partial charge in [-0.2, -0.15) is 13.2 Å². The standard InChI is InChI=1S/C15H9ClF3NO/c16-12-3-1-2-10(8-12)4-6-13(21)11-5-7-14(20-9-11)15(17,18)19/h1-9H/b6-4+. The third kappa shape index (κ3) is 4.16. The molecule has 6 heteroatoms. The molecule has 0 bridgehead atoms. The first-order valence-corrected chi connectivity index (χ1v) is 6.25. The van der Waals surface area contributed by atoms with Crippen molar-refractivity contribution in [3.05, 3.63) is 70.5 Å². The zero-order valence-corrected chi connectivity index (χ0v) is 11.3. The van der Waals surface area contributed by atoms with E-state index in [9.17, 15) is 18.0 Å². The summed E-state index contributed by atoms with van der Waals surface area (Å²) in [7, 11) is 0. The Kier molecular flexibility index (Phi) is 4.43. The van der Waals surface area contributed by atoms with Gasteiger partial charge in [-0.3, -0.25) is 9.78 Å². The molecule has 108 valence electrons. The van der Waals surface area contributed by atoms with Gasteiger partial charge >= 0.3 is 6.18 Å². The molecule has 0 fully saturated rings. The van der Waals surface area contributed by atoms with Crippen molar-refractivity contribution in [2.45, 2.75) is 6.18 Å². The highest BCUT2D eigenvalue weighted by molar-refractivity contribution is 6.30. The third-order valence-electron chi connectivity index (χ3n) is 2.61. The zero-order valence-electron chi connectivity index (χ0n) is 10.6. The molecular weight excluding hydrogens is 303 g/mol. The molecule has 1 aromatic carbocycles. The zero-order chi connectivity index (χ0) is 15.5.